The smallest absolute Gasteiger partial charge is 0.265 e. The van der Waals surface area contributed by atoms with Crippen molar-refractivity contribution in [2.24, 2.45) is 5.73 Å². The van der Waals surface area contributed by atoms with Crippen LogP contribution in [0.3, 0.4) is 0 Å². The average Bonchev–Trinajstić information content (AvgIpc) is 3.23. The lowest BCUT2D eigenvalue weighted by Crippen LogP contribution is -2.14. The van der Waals surface area contributed by atoms with Crippen molar-refractivity contribution in [1.29, 1.82) is 0 Å². The number of aryl methyl sites for hydroxylation is 2. The van der Waals surface area contributed by atoms with Crippen LogP contribution >= 0.6 is 11.3 Å². The Hall–Kier alpha value is -3.52. The first-order chi connectivity index (χ1) is 13.8. The number of nitrogens with one attached hydrogen (secondary N) is 1. The number of benzene rings is 2. The number of rotatable bonds is 4. The van der Waals surface area contributed by atoms with E-state index in [1.807, 2.05) is 6.92 Å². The fourth-order valence-corrected chi connectivity index (χ4v) is 4.21. The summed E-state index contributed by atoms with van der Waals surface area (Å²) < 4.78 is 14.9. The maximum absolute atomic E-state index is 13.2. The topological polar surface area (TPSA) is 90.0 Å². The van der Waals surface area contributed by atoms with Crippen LogP contribution < -0.4 is 11.1 Å². The van der Waals surface area contributed by atoms with Gasteiger partial charge in [0.05, 0.1) is 16.3 Å². The summed E-state index contributed by atoms with van der Waals surface area (Å²) in [4.78, 5) is 25.4. The standard InChI is InChI=1S/C21H17FN4O2S/c1-11-9-14(5-8-16(11)19(23)27)24-20(28)18-10-17-12(2)25-26(21(17)29-18)15-6-3-13(22)4-7-15/h3-10H,1-2H3,(H2,23,27)(H,24,28). The van der Waals surface area contributed by atoms with Crippen LogP contribution in [-0.2, 0) is 0 Å². The van der Waals surface area contributed by atoms with Crippen LogP contribution in [-0.4, -0.2) is 21.6 Å². The minimum Gasteiger partial charge on any atom is -0.366 e. The van der Waals surface area contributed by atoms with E-state index >= 15 is 0 Å². The van der Waals surface area contributed by atoms with Crippen LogP contribution in [0.1, 0.15) is 31.3 Å². The number of halogens is 1. The van der Waals surface area contributed by atoms with E-state index in [0.29, 0.717) is 21.7 Å². The van der Waals surface area contributed by atoms with E-state index in [-0.39, 0.29) is 11.7 Å². The molecule has 29 heavy (non-hydrogen) atoms. The SMILES string of the molecule is Cc1cc(NC(=O)c2cc3c(C)nn(-c4ccc(F)cc4)c3s2)ccc1C(N)=O. The van der Waals surface area contributed by atoms with Crippen LogP contribution in [0, 0.1) is 19.7 Å². The van der Waals surface area contributed by atoms with E-state index in [1.165, 1.54) is 23.5 Å². The van der Waals surface area contributed by atoms with Crippen molar-refractivity contribution in [3.63, 3.8) is 0 Å². The highest BCUT2D eigenvalue weighted by atomic mass is 32.1. The molecule has 3 N–H and O–H groups in total. The lowest BCUT2D eigenvalue weighted by atomic mass is 10.1. The van der Waals surface area contributed by atoms with Gasteiger partial charge in [0.25, 0.3) is 5.91 Å². The molecule has 0 aliphatic rings. The first kappa shape index (κ1) is 18.8. The van der Waals surface area contributed by atoms with Gasteiger partial charge in [0.2, 0.25) is 5.91 Å². The summed E-state index contributed by atoms with van der Waals surface area (Å²) in [6, 6.07) is 12.8. The van der Waals surface area contributed by atoms with Gasteiger partial charge in [0, 0.05) is 16.6 Å². The fraction of sp³-hybridized carbons (Fsp3) is 0.0952. The van der Waals surface area contributed by atoms with Gasteiger partial charge >= 0.3 is 0 Å². The third-order valence-electron chi connectivity index (χ3n) is 4.59. The van der Waals surface area contributed by atoms with Crippen molar-refractivity contribution >= 4 is 39.1 Å². The maximum atomic E-state index is 13.2. The number of carbonyl (C=O) groups is 2. The maximum Gasteiger partial charge on any atom is 0.265 e. The Labute approximate surface area is 169 Å². The Kier molecular flexibility index (Phi) is 4.63. The molecule has 2 aromatic heterocycles. The average molecular weight is 408 g/mol. The molecule has 8 heteroatoms. The number of hydrogen-bond donors (Lipinski definition) is 2. The molecular weight excluding hydrogens is 391 g/mol. The summed E-state index contributed by atoms with van der Waals surface area (Å²) in [6.45, 7) is 3.62. The first-order valence-electron chi connectivity index (χ1n) is 8.80. The van der Waals surface area contributed by atoms with E-state index in [9.17, 15) is 14.0 Å². The number of primary amides is 1. The second-order valence-corrected chi connectivity index (χ2v) is 7.68. The third-order valence-corrected chi connectivity index (χ3v) is 5.70. The molecular formula is C21H17FN4O2S. The van der Waals surface area contributed by atoms with Gasteiger partial charge in [-0.1, -0.05) is 0 Å². The lowest BCUT2D eigenvalue weighted by Gasteiger charge is -2.07. The number of nitrogens with two attached hydrogens (primary N) is 1. The highest BCUT2D eigenvalue weighted by molar-refractivity contribution is 7.20. The van der Waals surface area contributed by atoms with Crippen LogP contribution in [0.4, 0.5) is 10.1 Å². The Morgan fingerprint density at radius 1 is 1.10 bits per heavy atom. The summed E-state index contributed by atoms with van der Waals surface area (Å²) in [7, 11) is 0. The second kappa shape index (κ2) is 7.14. The van der Waals surface area contributed by atoms with Gasteiger partial charge in [-0.15, -0.1) is 11.3 Å². The summed E-state index contributed by atoms with van der Waals surface area (Å²) in [6.07, 6.45) is 0. The molecule has 2 heterocycles. The molecule has 0 atom stereocenters. The Morgan fingerprint density at radius 2 is 1.83 bits per heavy atom. The van der Waals surface area contributed by atoms with Crippen LogP contribution in [0.2, 0.25) is 0 Å². The van der Waals surface area contributed by atoms with Crippen molar-refractivity contribution in [2.75, 3.05) is 5.32 Å². The van der Waals surface area contributed by atoms with E-state index in [2.05, 4.69) is 10.4 Å². The van der Waals surface area contributed by atoms with Gasteiger partial charge in [-0.2, -0.15) is 5.10 Å². The summed E-state index contributed by atoms with van der Waals surface area (Å²) in [5.41, 5.74) is 8.50. The van der Waals surface area contributed by atoms with Crippen molar-refractivity contribution in [1.82, 2.24) is 9.78 Å². The number of hydrogen-bond acceptors (Lipinski definition) is 4. The monoisotopic (exact) mass is 408 g/mol. The predicted molar refractivity (Wildman–Crippen MR) is 111 cm³/mol. The molecule has 0 bridgehead atoms. The zero-order chi connectivity index (χ0) is 20.7. The number of carbonyl (C=O) groups excluding carboxylic acids is 2. The van der Waals surface area contributed by atoms with Gasteiger partial charge in [-0.25, -0.2) is 9.07 Å². The fourth-order valence-electron chi connectivity index (χ4n) is 3.13. The van der Waals surface area contributed by atoms with Crippen molar-refractivity contribution in [2.45, 2.75) is 13.8 Å². The molecule has 0 radical (unpaired) electrons. The minimum atomic E-state index is -0.509. The molecule has 0 aliphatic carbocycles. The van der Waals surface area contributed by atoms with Crippen LogP contribution in [0.5, 0.6) is 0 Å². The number of amides is 2. The second-order valence-electron chi connectivity index (χ2n) is 6.65. The van der Waals surface area contributed by atoms with E-state index in [0.717, 1.165) is 21.6 Å². The Balaban J connectivity index is 1.65. The van der Waals surface area contributed by atoms with E-state index in [1.54, 1.807) is 48.0 Å². The van der Waals surface area contributed by atoms with Gasteiger partial charge < -0.3 is 11.1 Å². The number of anilines is 1. The number of fused-ring (bicyclic) bond motifs is 1. The van der Waals surface area contributed by atoms with Crippen LogP contribution in [0.15, 0.2) is 48.5 Å². The molecule has 4 aromatic rings. The molecule has 6 nitrogen and oxygen atoms in total. The molecule has 0 saturated carbocycles. The molecule has 0 saturated heterocycles. The molecule has 146 valence electrons. The highest BCUT2D eigenvalue weighted by Crippen LogP contribution is 2.31. The number of thiophene rings is 1. The van der Waals surface area contributed by atoms with E-state index in [4.69, 9.17) is 5.73 Å². The predicted octanol–water partition coefficient (Wildman–Crippen LogP) is 4.19. The number of aromatic nitrogens is 2. The molecule has 0 spiro atoms. The Morgan fingerprint density at radius 3 is 2.48 bits per heavy atom. The molecule has 4 rings (SSSR count). The normalized spacial score (nSPS) is 11.0. The Bertz CT molecular complexity index is 1260. The van der Waals surface area contributed by atoms with Crippen molar-refractivity contribution in [3.05, 3.63) is 76.0 Å². The minimum absolute atomic E-state index is 0.262. The summed E-state index contributed by atoms with van der Waals surface area (Å²) >= 11 is 1.30. The number of nitrogens with zero attached hydrogens (tertiary/aromatic N) is 2. The summed E-state index contributed by atoms with van der Waals surface area (Å²) in [5.74, 6) is -1.09. The molecule has 0 unspecified atom stereocenters. The van der Waals surface area contributed by atoms with Crippen molar-refractivity contribution < 1.29 is 14.0 Å². The highest BCUT2D eigenvalue weighted by Gasteiger charge is 2.18. The zero-order valence-corrected chi connectivity index (χ0v) is 16.5. The van der Waals surface area contributed by atoms with Crippen LogP contribution in [0.25, 0.3) is 15.9 Å². The van der Waals surface area contributed by atoms with Crippen molar-refractivity contribution in [3.8, 4) is 5.69 Å². The third kappa shape index (κ3) is 3.50. The molecule has 0 fully saturated rings. The quantitative estimate of drug-likeness (QED) is 0.530. The molecule has 2 aromatic carbocycles. The lowest BCUT2D eigenvalue weighted by molar-refractivity contribution is 0.0998. The molecule has 2 amide bonds. The molecule has 0 aliphatic heterocycles. The van der Waals surface area contributed by atoms with Gasteiger partial charge in [-0.05, 0) is 67.9 Å². The zero-order valence-electron chi connectivity index (χ0n) is 15.7. The van der Waals surface area contributed by atoms with E-state index < -0.39 is 5.91 Å². The van der Waals surface area contributed by atoms with Gasteiger partial charge in [0.15, 0.2) is 0 Å². The summed E-state index contributed by atoms with van der Waals surface area (Å²) in [5, 5.41) is 8.21. The first-order valence-corrected chi connectivity index (χ1v) is 9.62. The van der Waals surface area contributed by atoms with Gasteiger partial charge in [-0.3, -0.25) is 9.59 Å². The van der Waals surface area contributed by atoms with Gasteiger partial charge in [0.1, 0.15) is 10.6 Å². The largest absolute Gasteiger partial charge is 0.366 e.